The van der Waals surface area contributed by atoms with Crippen molar-refractivity contribution in [1.82, 2.24) is 56.1 Å². The minimum absolute atomic E-state index is 0.0457. The Bertz CT molecular complexity index is 2640. The van der Waals surface area contributed by atoms with Crippen molar-refractivity contribution in [3.63, 3.8) is 0 Å². The Hall–Kier alpha value is -8.44. The zero-order chi connectivity index (χ0) is 47.3. The topological polar surface area (TPSA) is 244 Å². The van der Waals surface area contributed by atoms with Crippen LogP contribution < -0.4 is 26.6 Å². The summed E-state index contributed by atoms with van der Waals surface area (Å²) in [7, 11) is 1.45. The molecule has 0 bridgehead atoms. The van der Waals surface area contributed by atoms with Crippen molar-refractivity contribution in [2.45, 2.75) is 12.4 Å². The highest BCUT2D eigenvalue weighted by Crippen LogP contribution is 2.32. The van der Waals surface area contributed by atoms with Crippen LogP contribution >= 0.6 is 0 Å². The van der Waals surface area contributed by atoms with Gasteiger partial charge in [-0.05, 0) is 48.5 Å². The molecule has 0 aliphatic carbocycles. The Kier molecular flexibility index (Phi) is 15.4. The molecule has 24 heteroatoms. The number of carboxylic acid groups (broad SMARTS) is 1. The molecule has 65 heavy (non-hydrogen) atoms. The monoisotopic (exact) mass is 907 g/mol. The Morgan fingerprint density at radius 3 is 1.22 bits per heavy atom. The van der Waals surface area contributed by atoms with Crippen molar-refractivity contribution in [2.75, 3.05) is 33.2 Å². The number of aromatic carboxylic acids is 1. The van der Waals surface area contributed by atoms with Gasteiger partial charge in [-0.15, -0.1) is 0 Å². The number of alkyl halides is 6. The number of hydrogen-bond donors (Lipinski definition) is 6. The first-order valence-corrected chi connectivity index (χ1v) is 18.8. The van der Waals surface area contributed by atoms with Crippen LogP contribution in [0.4, 0.5) is 26.3 Å². The summed E-state index contributed by atoms with van der Waals surface area (Å²) in [4.78, 5) is 78.6. The number of pyridine rings is 2. The second-order valence-corrected chi connectivity index (χ2v) is 13.1. The number of para-hydroxylation sites is 2. The lowest BCUT2D eigenvalue weighted by molar-refractivity contribution is -0.142. The molecule has 6 aromatic rings. The van der Waals surface area contributed by atoms with Gasteiger partial charge in [-0.25, -0.2) is 19.1 Å². The maximum absolute atomic E-state index is 13.4. The van der Waals surface area contributed by atoms with E-state index < -0.39 is 70.4 Å². The third-order valence-corrected chi connectivity index (χ3v) is 8.62. The second kappa shape index (κ2) is 21.1. The predicted molar refractivity (Wildman–Crippen MR) is 215 cm³/mol. The van der Waals surface area contributed by atoms with E-state index in [1.165, 1.54) is 31.4 Å². The molecule has 0 atom stereocenters. The molecule has 0 fully saturated rings. The van der Waals surface area contributed by atoms with E-state index in [0.29, 0.717) is 11.4 Å². The number of amides is 5. The van der Waals surface area contributed by atoms with E-state index in [-0.39, 0.29) is 48.7 Å². The van der Waals surface area contributed by atoms with Gasteiger partial charge in [0.15, 0.2) is 11.4 Å². The Labute approximate surface area is 363 Å². The van der Waals surface area contributed by atoms with E-state index >= 15 is 0 Å². The third kappa shape index (κ3) is 12.8. The highest BCUT2D eigenvalue weighted by molar-refractivity contribution is 5.98. The maximum Gasteiger partial charge on any atom is 0.435 e. The number of aromatic nitrogens is 6. The highest BCUT2D eigenvalue weighted by atomic mass is 19.4. The molecule has 0 radical (unpaired) electrons. The summed E-state index contributed by atoms with van der Waals surface area (Å²) in [5, 5.41) is 27.8. The van der Waals surface area contributed by atoms with Gasteiger partial charge in [0.25, 0.3) is 29.5 Å². The molecular formula is C41H35F6N11O7. The second-order valence-electron chi connectivity index (χ2n) is 13.1. The molecule has 5 amide bonds. The first-order valence-electron chi connectivity index (χ1n) is 18.8. The summed E-state index contributed by atoms with van der Waals surface area (Å²) in [6.45, 7) is -0.406. The molecule has 4 heterocycles. The summed E-state index contributed by atoms with van der Waals surface area (Å²) in [5.74, 6) is -4.73. The molecular weight excluding hydrogens is 873 g/mol. The fourth-order valence-corrected chi connectivity index (χ4v) is 5.47. The van der Waals surface area contributed by atoms with Crippen LogP contribution in [0.5, 0.6) is 0 Å². The number of carbonyl (C=O) groups excluding carboxylic acids is 5. The summed E-state index contributed by atoms with van der Waals surface area (Å²) >= 11 is 0. The number of benzene rings is 2. The summed E-state index contributed by atoms with van der Waals surface area (Å²) in [6, 6.07) is 21.3. The van der Waals surface area contributed by atoms with Crippen LogP contribution in [0.25, 0.3) is 11.4 Å². The van der Waals surface area contributed by atoms with E-state index in [9.17, 15) is 55.1 Å². The van der Waals surface area contributed by atoms with Crippen molar-refractivity contribution >= 4 is 35.5 Å². The van der Waals surface area contributed by atoms with Gasteiger partial charge in [0.1, 0.15) is 11.4 Å². The van der Waals surface area contributed by atoms with Gasteiger partial charge in [0.05, 0.1) is 33.6 Å². The van der Waals surface area contributed by atoms with Crippen LogP contribution in [-0.4, -0.2) is 103 Å². The van der Waals surface area contributed by atoms with Crippen molar-refractivity contribution in [3.05, 3.63) is 155 Å². The Morgan fingerprint density at radius 2 is 0.892 bits per heavy atom. The zero-order valence-electron chi connectivity index (χ0n) is 33.6. The molecule has 18 nitrogen and oxygen atoms in total. The average molecular weight is 908 g/mol. The van der Waals surface area contributed by atoms with Crippen LogP contribution in [-0.2, 0) is 12.4 Å². The van der Waals surface area contributed by atoms with Crippen LogP contribution in [0.15, 0.2) is 110 Å². The fourth-order valence-electron chi connectivity index (χ4n) is 5.47. The zero-order valence-corrected chi connectivity index (χ0v) is 33.6. The van der Waals surface area contributed by atoms with E-state index in [4.69, 9.17) is 5.11 Å². The predicted octanol–water partition coefficient (Wildman–Crippen LogP) is 3.95. The highest BCUT2D eigenvalue weighted by Gasteiger charge is 2.40. The van der Waals surface area contributed by atoms with E-state index in [2.05, 4.69) is 46.7 Å². The van der Waals surface area contributed by atoms with E-state index in [1.807, 2.05) is 0 Å². The van der Waals surface area contributed by atoms with Gasteiger partial charge in [0.2, 0.25) is 0 Å². The lowest BCUT2D eigenvalue weighted by atomic mass is 10.2. The van der Waals surface area contributed by atoms with Gasteiger partial charge in [0, 0.05) is 58.0 Å². The maximum atomic E-state index is 13.4. The first-order chi connectivity index (χ1) is 30.9. The number of carbonyl (C=O) groups is 6. The molecule has 0 unspecified atom stereocenters. The summed E-state index contributed by atoms with van der Waals surface area (Å²) < 4.78 is 82.1. The molecule has 0 saturated heterocycles. The minimum atomic E-state index is -4.84. The molecule has 6 rings (SSSR count). The van der Waals surface area contributed by atoms with Crippen LogP contribution in [0, 0.1) is 0 Å². The van der Waals surface area contributed by atoms with Crippen molar-refractivity contribution in [2.24, 2.45) is 0 Å². The van der Waals surface area contributed by atoms with E-state index in [0.717, 1.165) is 34.0 Å². The smallest absolute Gasteiger partial charge is 0.435 e. The number of halogens is 6. The lowest BCUT2D eigenvalue weighted by Gasteiger charge is -2.08. The van der Waals surface area contributed by atoms with Crippen molar-refractivity contribution in [1.29, 1.82) is 0 Å². The van der Waals surface area contributed by atoms with Crippen LogP contribution in [0.1, 0.15) is 73.8 Å². The minimum Gasteiger partial charge on any atom is -0.477 e. The van der Waals surface area contributed by atoms with Gasteiger partial charge < -0.3 is 31.7 Å². The Balaban J connectivity index is 0.000000244. The van der Waals surface area contributed by atoms with Gasteiger partial charge in [-0.3, -0.25) is 29.0 Å². The summed E-state index contributed by atoms with van der Waals surface area (Å²) in [6.07, 6.45) is -5.38. The molecule has 0 aliphatic rings. The first kappa shape index (κ1) is 47.6. The number of nitrogens with zero attached hydrogens (tertiary/aromatic N) is 6. The fraction of sp³-hybridized carbons (Fsp3) is 0.171. The van der Waals surface area contributed by atoms with Crippen LogP contribution in [0.3, 0.4) is 0 Å². The van der Waals surface area contributed by atoms with Crippen molar-refractivity contribution in [3.8, 4) is 11.4 Å². The largest absolute Gasteiger partial charge is 0.477 e. The van der Waals surface area contributed by atoms with Gasteiger partial charge >= 0.3 is 18.3 Å². The molecule has 0 aliphatic heterocycles. The quantitative estimate of drug-likeness (QED) is 0.0675. The van der Waals surface area contributed by atoms with E-state index in [1.54, 1.807) is 60.7 Å². The average Bonchev–Trinajstić information content (AvgIpc) is 3.97. The van der Waals surface area contributed by atoms with Gasteiger partial charge in [-0.2, -0.15) is 36.5 Å². The number of hydrogen-bond acceptors (Lipinski definition) is 10. The molecule has 2 aromatic carbocycles. The number of nitrogens with one attached hydrogen (secondary N) is 5. The van der Waals surface area contributed by atoms with Crippen molar-refractivity contribution < 1.29 is 60.2 Å². The number of carboxylic acids is 1. The molecule has 6 N–H and O–H groups in total. The Morgan fingerprint density at radius 1 is 0.523 bits per heavy atom. The SMILES string of the molecule is CNC(=O)c1ccc(C(=O)NCCNC(=O)c2cn(-c3ccccc3)nc2C(F)(F)F)cn1.O=C(NCCNC(=O)c1cn(-c2ccccc2)nc1C(F)(F)F)c1ccc(C(=O)O)nc1. The van der Waals surface area contributed by atoms with Crippen LogP contribution in [0.2, 0.25) is 0 Å². The number of rotatable bonds is 14. The standard InChI is InChI=1S/C21H19F3N6O3.C20H16F3N5O4/c1-25-20(33)16-8-7-13(11-28-16)18(31)26-9-10-27-19(32)15-12-30(14-5-3-2-4-6-14)29-17(15)21(22,23)24;21-20(22,23)16-14(11-28(27-16)13-4-2-1-3-5-13)18(30)25-9-8-24-17(29)12-6-7-15(19(31)32)26-10-12/h2-8,11-12H,9-10H2,1H3,(H,25,33)(H,26,31)(H,27,32);1-7,10-11H,8-9H2,(H,24,29)(H,25,30)(H,31,32). The normalized spacial score (nSPS) is 11.1. The molecule has 4 aromatic heterocycles. The molecule has 0 saturated carbocycles. The lowest BCUT2D eigenvalue weighted by Crippen LogP contribution is -2.35. The molecule has 338 valence electrons. The third-order valence-electron chi connectivity index (χ3n) is 8.62. The molecule has 0 spiro atoms. The van der Waals surface area contributed by atoms with Gasteiger partial charge in [-0.1, -0.05) is 36.4 Å². The summed E-state index contributed by atoms with van der Waals surface area (Å²) in [5.41, 5.74) is -3.03.